The first-order valence-corrected chi connectivity index (χ1v) is 8.22. The van der Waals surface area contributed by atoms with Crippen molar-refractivity contribution in [3.8, 4) is 0 Å². The van der Waals surface area contributed by atoms with Gasteiger partial charge in [-0.2, -0.15) is 4.31 Å². The number of aliphatic carboxylic acids is 1. The fraction of sp³-hybridized carbons (Fsp3) is 0.417. The first kappa shape index (κ1) is 16.3. The van der Waals surface area contributed by atoms with Gasteiger partial charge in [0, 0.05) is 11.5 Å². The molecule has 1 aliphatic rings. The fourth-order valence-corrected chi connectivity index (χ4v) is 3.91. The number of rotatable bonds is 4. The zero-order valence-corrected chi connectivity index (χ0v) is 13.4. The Morgan fingerprint density at radius 2 is 2.14 bits per heavy atom. The number of carboxylic acid groups (broad SMARTS) is 1. The fourth-order valence-electron chi connectivity index (χ4n) is 2.16. The molecule has 1 aliphatic heterocycles. The summed E-state index contributed by atoms with van der Waals surface area (Å²) in [7, 11) is -2.91. The van der Waals surface area contributed by atoms with E-state index in [-0.39, 0.29) is 13.2 Å². The summed E-state index contributed by atoms with van der Waals surface area (Å²) in [4.78, 5) is 10.6. The van der Waals surface area contributed by atoms with Gasteiger partial charge >= 0.3 is 5.97 Å². The third-order valence-corrected chi connectivity index (χ3v) is 5.79. The van der Waals surface area contributed by atoms with Crippen LogP contribution >= 0.6 is 15.9 Å². The summed E-state index contributed by atoms with van der Waals surface area (Å²) >= 11 is 3.05. The second-order valence-electron chi connectivity index (χ2n) is 4.65. The number of halogens is 2. The Balaban J connectivity index is 2.37. The maximum absolute atomic E-state index is 13.9. The molecule has 1 saturated heterocycles. The second kappa shape index (κ2) is 5.99. The number of carboxylic acids is 1. The molecule has 1 aromatic rings. The highest BCUT2D eigenvalue weighted by Gasteiger charge is 2.42. The van der Waals surface area contributed by atoms with Crippen molar-refractivity contribution >= 4 is 31.9 Å². The van der Waals surface area contributed by atoms with Crippen molar-refractivity contribution in [3.63, 3.8) is 0 Å². The van der Waals surface area contributed by atoms with Gasteiger partial charge in [0.15, 0.2) is 0 Å². The van der Waals surface area contributed by atoms with Crippen LogP contribution in [0.3, 0.4) is 0 Å². The molecule has 2 atom stereocenters. The van der Waals surface area contributed by atoms with Crippen molar-refractivity contribution < 1.29 is 27.4 Å². The molecule has 2 unspecified atom stereocenters. The van der Waals surface area contributed by atoms with Gasteiger partial charge in [0.25, 0.3) is 0 Å². The molecular formula is C12H13BrFNO5S. The largest absolute Gasteiger partial charge is 0.481 e. The third-order valence-electron chi connectivity index (χ3n) is 3.39. The molecule has 2 rings (SSSR count). The van der Waals surface area contributed by atoms with Gasteiger partial charge in [-0.3, -0.25) is 4.79 Å². The minimum Gasteiger partial charge on any atom is -0.481 e. The lowest BCUT2D eigenvalue weighted by molar-refractivity contribution is -0.142. The minimum absolute atomic E-state index is 0.0369. The minimum atomic E-state index is -4.14. The summed E-state index contributed by atoms with van der Waals surface area (Å²) < 4.78 is 45.1. The van der Waals surface area contributed by atoms with E-state index < -0.39 is 38.7 Å². The molecule has 21 heavy (non-hydrogen) atoms. The van der Waals surface area contributed by atoms with Gasteiger partial charge in [0.1, 0.15) is 10.7 Å². The summed E-state index contributed by atoms with van der Waals surface area (Å²) in [6.45, 7) is -0.104. The average Bonchev–Trinajstić information content (AvgIpc) is 2.86. The first-order chi connectivity index (χ1) is 9.75. The van der Waals surface area contributed by atoms with Crippen LogP contribution in [0.15, 0.2) is 27.6 Å². The van der Waals surface area contributed by atoms with E-state index in [1.54, 1.807) is 0 Å². The Bertz CT molecular complexity index is 666. The highest BCUT2D eigenvalue weighted by Crippen LogP contribution is 2.27. The van der Waals surface area contributed by atoms with Crippen molar-refractivity contribution in [1.29, 1.82) is 0 Å². The average molecular weight is 382 g/mol. The number of nitrogens with zero attached hydrogens (tertiary/aromatic N) is 1. The molecule has 0 aromatic heterocycles. The van der Waals surface area contributed by atoms with Crippen LogP contribution in [0.5, 0.6) is 0 Å². The Labute approximate surface area is 129 Å². The molecule has 0 radical (unpaired) electrons. The van der Waals surface area contributed by atoms with Gasteiger partial charge in [0.2, 0.25) is 10.0 Å². The van der Waals surface area contributed by atoms with Crippen LogP contribution in [-0.4, -0.2) is 50.1 Å². The molecule has 0 bridgehead atoms. The normalized spacial score (nSPS) is 22.7. The number of ether oxygens (including phenoxy) is 1. The van der Waals surface area contributed by atoms with Crippen molar-refractivity contribution in [2.75, 3.05) is 20.3 Å². The number of hydrogen-bond donors (Lipinski definition) is 1. The van der Waals surface area contributed by atoms with E-state index in [0.29, 0.717) is 4.47 Å². The Kier molecular flexibility index (Phi) is 4.66. The van der Waals surface area contributed by atoms with Crippen LogP contribution in [0.2, 0.25) is 0 Å². The predicted octanol–water partition coefficient (Wildman–Crippen LogP) is 1.31. The molecule has 1 N–H and O–H groups in total. The van der Waals surface area contributed by atoms with Gasteiger partial charge in [0.05, 0.1) is 25.2 Å². The van der Waals surface area contributed by atoms with Crippen molar-refractivity contribution in [3.05, 3.63) is 28.5 Å². The van der Waals surface area contributed by atoms with Crippen molar-refractivity contribution in [2.45, 2.75) is 10.9 Å². The van der Waals surface area contributed by atoms with Crippen LogP contribution in [0.1, 0.15) is 0 Å². The third kappa shape index (κ3) is 3.10. The Morgan fingerprint density at radius 3 is 2.71 bits per heavy atom. The summed E-state index contributed by atoms with van der Waals surface area (Å²) in [5.41, 5.74) is 0. The van der Waals surface area contributed by atoms with E-state index in [1.165, 1.54) is 13.1 Å². The number of sulfonamides is 1. The lowest BCUT2D eigenvalue weighted by Gasteiger charge is -2.25. The monoisotopic (exact) mass is 381 g/mol. The number of likely N-dealkylation sites (N-methyl/N-ethyl adjacent to an activating group) is 1. The molecule has 0 spiro atoms. The molecule has 0 aliphatic carbocycles. The maximum Gasteiger partial charge on any atom is 0.310 e. The maximum atomic E-state index is 13.9. The summed E-state index contributed by atoms with van der Waals surface area (Å²) in [5.74, 6) is -3.01. The van der Waals surface area contributed by atoms with E-state index in [0.717, 1.165) is 16.4 Å². The van der Waals surface area contributed by atoms with E-state index >= 15 is 0 Å². The Hall–Kier alpha value is -1.03. The molecule has 9 heteroatoms. The second-order valence-corrected chi connectivity index (χ2v) is 7.53. The predicted molar refractivity (Wildman–Crippen MR) is 74.8 cm³/mol. The van der Waals surface area contributed by atoms with Gasteiger partial charge in [-0.05, 0) is 18.2 Å². The van der Waals surface area contributed by atoms with Gasteiger partial charge < -0.3 is 9.84 Å². The molecule has 0 amide bonds. The standard InChI is InChI=1S/C12H13BrFNO5S/c1-15(10-6-20-5-8(10)12(16)17)21(18,19)11-3-2-7(13)4-9(11)14/h2-4,8,10H,5-6H2,1H3,(H,16,17). The van der Waals surface area contributed by atoms with E-state index in [1.807, 2.05) is 0 Å². The molecule has 1 aromatic carbocycles. The highest BCUT2D eigenvalue weighted by molar-refractivity contribution is 9.10. The van der Waals surface area contributed by atoms with Crippen LogP contribution in [-0.2, 0) is 19.6 Å². The smallest absolute Gasteiger partial charge is 0.310 e. The van der Waals surface area contributed by atoms with Gasteiger partial charge in [-0.25, -0.2) is 12.8 Å². The first-order valence-electron chi connectivity index (χ1n) is 5.99. The zero-order chi connectivity index (χ0) is 15.8. The van der Waals surface area contributed by atoms with Crippen LogP contribution in [0.4, 0.5) is 4.39 Å². The van der Waals surface area contributed by atoms with Gasteiger partial charge in [-0.1, -0.05) is 15.9 Å². The quantitative estimate of drug-likeness (QED) is 0.849. The van der Waals surface area contributed by atoms with Crippen molar-refractivity contribution in [2.24, 2.45) is 5.92 Å². The SMILES string of the molecule is CN(C1COCC1C(=O)O)S(=O)(=O)c1ccc(Br)cc1F. The summed E-state index contributed by atoms with van der Waals surface area (Å²) in [6.07, 6.45) is 0. The van der Waals surface area contributed by atoms with Crippen LogP contribution < -0.4 is 0 Å². The molecule has 0 saturated carbocycles. The van der Waals surface area contributed by atoms with E-state index in [4.69, 9.17) is 9.84 Å². The lowest BCUT2D eigenvalue weighted by atomic mass is 10.1. The van der Waals surface area contributed by atoms with Gasteiger partial charge in [-0.15, -0.1) is 0 Å². The summed E-state index contributed by atoms with van der Waals surface area (Å²) in [6, 6.07) is 2.72. The molecule has 1 fully saturated rings. The molecular weight excluding hydrogens is 369 g/mol. The van der Waals surface area contributed by atoms with Crippen LogP contribution in [0, 0.1) is 11.7 Å². The van der Waals surface area contributed by atoms with Crippen molar-refractivity contribution in [1.82, 2.24) is 4.31 Å². The lowest BCUT2D eigenvalue weighted by Crippen LogP contribution is -2.44. The Morgan fingerprint density at radius 1 is 1.48 bits per heavy atom. The zero-order valence-electron chi connectivity index (χ0n) is 11.0. The summed E-state index contributed by atoms with van der Waals surface area (Å²) in [5, 5.41) is 9.08. The molecule has 1 heterocycles. The topological polar surface area (TPSA) is 83.9 Å². The number of carbonyl (C=O) groups is 1. The molecule has 6 nitrogen and oxygen atoms in total. The van der Waals surface area contributed by atoms with E-state index in [9.17, 15) is 17.6 Å². The number of hydrogen-bond acceptors (Lipinski definition) is 4. The number of benzene rings is 1. The highest BCUT2D eigenvalue weighted by atomic mass is 79.9. The van der Waals surface area contributed by atoms with E-state index in [2.05, 4.69) is 15.9 Å². The van der Waals surface area contributed by atoms with Crippen LogP contribution in [0.25, 0.3) is 0 Å². The molecule has 116 valence electrons.